The van der Waals surface area contributed by atoms with Gasteiger partial charge in [-0.05, 0) is 6.92 Å². The van der Waals surface area contributed by atoms with E-state index < -0.39 is 18.3 Å². The van der Waals surface area contributed by atoms with Crippen molar-refractivity contribution in [2.75, 3.05) is 6.61 Å². The van der Waals surface area contributed by atoms with Crippen molar-refractivity contribution in [3.05, 3.63) is 0 Å². The standard InChI is InChI=1S/C8H16O4/c1-4-6(3-9)12-5(2)8(11)7(4)10/h4-11H,3H2,1-2H3/t4-,5-,6+,7+,8+/m1/s1. The van der Waals surface area contributed by atoms with Crippen LogP contribution in [0, 0.1) is 5.92 Å². The van der Waals surface area contributed by atoms with Crippen molar-refractivity contribution in [2.24, 2.45) is 5.92 Å². The largest absolute Gasteiger partial charge is 0.394 e. The second-order valence-electron chi connectivity index (χ2n) is 3.40. The van der Waals surface area contributed by atoms with Gasteiger partial charge in [-0.25, -0.2) is 0 Å². The summed E-state index contributed by atoms with van der Waals surface area (Å²) >= 11 is 0. The number of hydrogen-bond acceptors (Lipinski definition) is 4. The van der Waals surface area contributed by atoms with E-state index in [1.165, 1.54) is 0 Å². The Morgan fingerprint density at radius 1 is 1.17 bits per heavy atom. The molecule has 3 N–H and O–H groups in total. The zero-order chi connectivity index (χ0) is 9.30. The SMILES string of the molecule is C[C@H]1[C@H](O)[C@@H](O)[C@@H](C)O[C@H]1CO. The molecule has 1 heterocycles. The lowest BCUT2D eigenvalue weighted by molar-refractivity contribution is -0.198. The lowest BCUT2D eigenvalue weighted by Gasteiger charge is -2.39. The van der Waals surface area contributed by atoms with Gasteiger partial charge in [-0.2, -0.15) is 0 Å². The van der Waals surface area contributed by atoms with E-state index in [9.17, 15) is 10.2 Å². The van der Waals surface area contributed by atoms with Gasteiger partial charge in [0, 0.05) is 5.92 Å². The Kier molecular flexibility index (Phi) is 3.06. The molecule has 72 valence electrons. The van der Waals surface area contributed by atoms with Gasteiger partial charge in [-0.15, -0.1) is 0 Å². The third kappa shape index (κ3) is 1.61. The average Bonchev–Trinajstić information content (AvgIpc) is 2.08. The third-order valence-electron chi connectivity index (χ3n) is 2.53. The molecular formula is C8H16O4. The van der Waals surface area contributed by atoms with Crippen molar-refractivity contribution >= 4 is 0 Å². The highest BCUT2D eigenvalue weighted by Gasteiger charge is 2.39. The molecule has 5 atom stereocenters. The van der Waals surface area contributed by atoms with Gasteiger partial charge in [-0.1, -0.05) is 6.92 Å². The van der Waals surface area contributed by atoms with Crippen molar-refractivity contribution < 1.29 is 20.1 Å². The third-order valence-corrected chi connectivity index (χ3v) is 2.53. The van der Waals surface area contributed by atoms with Crippen LogP contribution in [-0.2, 0) is 4.74 Å². The van der Waals surface area contributed by atoms with E-state index in [-0.39, 0.29) is 18.6 Å². The molecule has 0 aromatic carbocycles. The second kappa shape index (κ2) is 3.70. The lowest BCUT2D eigenvalue weighted by Crippen LogP contribution is -2.53. The van der Waals surface area contributed by atoms with Crippen LogP contribution >= 0.6 is 0 Å². The summed E-state index contributed by atoms with van der Waals surface area (Å²) in [7, 11) is 0. The van der Waals surface area contributed by atoms with E-state index in [1.54, 1.807) is 13.8 Å². The number of aliphatic hydroxyl groups is 3. The summed E-state index contributed by atoms with van der Waals surface area (Å²) in [5.41, 5.74) is 0. The highest BCUT2D eigenvalue weighted by atomic mass is 16.5. The number of ether oxygens (including phenoxy) is 1. The van der Waals surface area contributed by atoms with Gasteiger partial charge >= 0.3 is 0 Å². The van der Waals surface area contributed by atoms with Crippen LogP contribution in [0.4, 0.5) is 0 Å². The van der Waals surface area contributed by atoms with Crippen LogP contribution in [0.1, 0.15) is 13.8 Å². The van der Waals surface area contributed by atoms with Gasteiger partial charge in [-0.3, -0.25) is 0 Å². The summed E-state index contributed by atoms with van der Waals surface area (Å²) in [6.07, 6.45) is -2.42. The molecule has 0 radical (unpaired) electrons. The Morgan fingerprint density at radius 3 is 2.25 bits per heavy atom. The maximum Gasteiger partial charge on any atom is 0.106 e. The molecule has 0 aromatic rings. The molecule has 1 aliphatic heterocycles. The van der Waals surface area contributed by atoms with Gasteiger partial charge in [0.25, 0.3) is 0 Å². The monoisotopic (exact) mass is 176 g/mol. The minimum Gasteiger partial charge on any atom is -0.394 e. The summed E-state index contributed by atoms with van der Waals surface area (Å²) < 4.78 is 5.27. The Morgan fingerprint density at radius 2 is 1.75 bits per heavy atom. The normalized spacial score (nSPS) is 49.2. The van der Waals surface area contributed by atoms with Crippen LogP contribution in [0.2, 0.25) is 0 Å². The van der Waals surface area contributed by atoms with Crippen molar-refractivity contribution in [3.8, 4) is 0 Å². The average molecular weight is 176 g/mol. The molecule has 1 saturated heterocycles. The lowest BCUT2D eigenvalue weighted by atomic mass is 9.89. The van der Waals surface area contributed by atoms with Crippen molar-refractivity contribution in [2.45, 2.75) is 38.3 Å². The van der Waals surface area contributed by atoms with E-state index >= 15 is 0 Å². The zero-order valence-electron chi connectivity index (χ0n) is 7.34. The molecule has 4 nitrogen and oxygen atoms in total. The van der Waals surface area contributed by atoms with Gasteiger partial charge < -0.3 is 20.1 Å². The maximum atomic E-state index is 9.48. The van der Waals surface area contributed by atoms with E-state index in [0.29, 0.717) is 0 Å². The fourth-order valence-corrected chi connectivity index (χ4v) is 1.50. The first kappa shape index (κ1) is 9.92. The molecular weight excluding hydrogens is 160 g/mol. The fraction of sp³-hybridized carbons (Fsp3) is 1.00. The van der Waals surface area contributed by atoms with Gasteiger partial charge in [0.15, 0.2) is 0 Å². The van der Waals surface area contributed by atoms with Crippen molar-refractivity contribution in [3.63, 3.8) is 0 Å². The van der Waals surface area contributed by atoms with Crippen molar-refractivity contribution in [1.82, 2.24) is 0 Å². The summed E-state index contributed by atoms with van der Waals surface area (Å²) in [6, 6.07) is 0. The first-order valence-corrected chi connectivity index (χ1v) is 4.20. The fourth-order valence-electron chi connectivity index (χ4n) is 1.50. The van der Waals surface area contributed by atoms with E-state index in [2.05, 4.69) is 0 Å². The number of rotatable bonds is 1. The quantitative estimate of drug-likeness (QED) is 0.485. The smallest absolute Gasteiger partial charge is 0.106 e. The van der Waals surface area contributed by atoms with Gasteiger partial charge in [0.05, 0.1) is 24.9 Å². The minimum absolute atomic E-state index is 0.116. The topological polar surface area (TPSA) is 69.9 Å². The van der Waals surface area contributed by atoms with E-state index in [1.807, 2.05) is 0 Å². The summed E-state index contributed by atoms with van der Waals surface area (Å²) in [6.45, 7) is 3.32. The summed E-state index contributed by atoms with van der Waals surface area (Å²) in [5.74, 6) is -0.221. The predicted octanol–water partition coefficient (Wildman–Crippen LogP) is -0.876. The van der Waals surface area contributed by atoms with E-state index in [0.717, 1.165) is 0 Å². The van der Waals surface area contributed by atoms with Crippen LogP contribution in [0.25, 0.3) is 0 Å². The Labute approximate surface area is 71.8 Å². The molecule has 0 unspecified atom stereocenters. The van der Waals surface area contributed by atoms with Gasteiger partial charge in [0.1, 0.15) is 6.10 Å². The second-order valence-corrected chi connectivity index (χ2v) is 3.40. The zero-order valence-corrected chi connectivity index (χ0v) is 7.34. The van der Waals surface area contributed by atoms with Crippen LogP contribution in [0.5, 0.6) is 0 Å². The highest BCUT2D eigenvalue weighted by Crippen LogP contribution is 2.25. The van der Waals surface area contributed by atoms with Gasteiger partial charge in [0.2, 0.25) is 0 Å². The van der Waals surface area contributed by atoms with E-state index in [4.69, 9.17) is 9.84 Å². The first-order valence-electron chi connectivity index (χ1n) is 4.20. The molecule has 0 aromatic heterocycles. The summed E-state index contributed by atoms with van der Waals surface area (Å²) in [5, 5.41) is 27.7. The number of aliphatic hydroxyl groups excluding tert-OH is 3. The van der Waals surface area contributed by atoms with Crippen LogP contribution in [0.15, 0.2) is 0 Å². The molecule has 1 aliphatic rings. The molecule has 0 bridgehead atoms. The molecule has 0 aliphatic carbocycles. The number of hydrogen-bond donors (Lipinski definition) is 3. The summed E-state index contributed by atoms with van der Waals surface area (Å²) in [4.78, 5) is 0. The molecule has 0 spiro atoms. The molecule has 12 heavy (non-hydrogen) atoms. The van der Waals surface area contributed by atoms with Crippen LogP contribution < -0.4 is 0 Å². The molecule has 0 amide bonds. The Hall–Kier alpha value is -0.160. The highest BCUT2D eigenvalue weighted by molar-refractivity contribution is 4.87. The first-order chi connectivity index (χ1) is 5.57. The molecule has 1 fully saturated rings. The Balaban J connectivity index is 2.63. The van der Waals surface area contributed by atoms with Crippen molar-refractivity contribution in [1.29, 1.82) is 0 Å². The van der Waals surface area contributed by atoms with Crippen LogP contribution in [0.3, 0.4) is 0 Å². The molecule has 1 rings (SSSR count). The Bertz CT molecular complexity index is 145. The molecule has 4 heteroatoms. The minimum atomic E-state index is -0.845. The van der Waals surface area contributed by atoms with Crippen LogP contribution in [-0.4, -0.2) is 46.3 Å². The maximum absolute atomic E-state index is 9.48. The predicted molar refractivity (Wildman–Crippen MR) is 42.6 cm³/mol. The molecule has 0 saturated carbocycles.